The molecule has 0 aliphatic carbocycles. The van der Waals surface area contributed by atoms with E-state index in [1.165, 1.54) is 19.5 Å². The maximum atomic E-state index is 5.58. The number of ether oxygens (including phenoxy) is 4. The van der Waals surface area contributed by atoms with Gasteiger partial charge in [0.15, 0.2) is 12.6 Å². The maximum absolute atomic E-state index is 5.58. The minimum absolute atomic E-state index is 0.190. The second-order valence-electron chi connectivity index (χ2n) is 5.71. The predicted octanol–water partition coefficient (Wildman–Crippen LogP) is 5.30. The molecule has 0 N–H and O–H groups in total. The molecule has 0 radical (unpaired) electrons. The van der Waals surface area contributed by atoms with Gasteiger partial charge in [-0.15, -0.1) is 34.0 Å². The zero-order valence-electron chi connectivity index (χ0n) is 13.3. The largest absolute Gasteiger partial charge is 0.345 e. The summed E-state index contributed by atoms with van der Waals surface area (Å²) in [5.41, 5.74) is 0. The molecule has 5 rings (SSSR count). The second-order valence-corrected chi connectivity index (χ2v) is 9.03. The van der Waals surface area contributed by atoms with Crippen LogP contribution in [0.1, 0.15) is 22.3 Å². The molecule has 7 heteroatoms. The Morgan fingerprint density at radius 1 is 0.520 bits per heavy atom. The molecule has 2 aliphatic rings. The molecule has 0 unspecified atom stereocenters. The van der Waals surface area contributed by atoms with Crippen LogP contribution in [0.3, 0.4) is 0 Å². The van der Waals surface area contributed by atoms with Gasteiger partial charge in [-0.05, 0) is 36.4 Å². The summed E-state index contributed by atoms with van der Waals surface area (Å²) in [5, 5.41) is 0. The summed E-state index contributed by atoms with van der Waals surface area (Å²) in [6, 6.07) is 12.9. The standard InChI is InChI=1S/C18H16O4S3/c1-2-12(14-4-6-16(25-14)18-21-9-10-22-18)23-11(1)13-3-5-15(24-13)17-19-7-8-20-17/h1-6,17-18H,7-10H2. The number of hydrogen-bond acceptors (Lipinski definition) is 7. The molecule has 0 aromatic carbocycles. The first-order valence-corrected chi connectivity index (χ1v) is 10.6. The number of rotatable bonds is 4. The lowest BCUT2D eigenvalue weighted by Gasteiger charge is -2.04. The van der Waals surface area contributed by atoms with E-state index in [9.17, 15) is 0 Å². The molecule has 0 saturated carbocycles. The SMILES string of the molecule is c1cc(-c2ccc(C3OCCO3)s2)sc1-c1ccc(C2OCCO2)s1. The molecule has 2 aliphatic heterocycles. The van der Waals surface area contributed by atoms with Gasteiger partial charge in [-0.1, -0.05) is 0 Å². The Hall–Kier alpha value is -1.06. The quantitative estimate of drug-likeness (QED) is 0.604. The first-order valence-electron chi connectivity index (χ1n) is 8.13. The van der Waals surface area contributed by atoms with E-state index < -0.39 is 0 Å². The molecule has 0 bridgehead atoms. The Labute approximate surface area is 157 Å². The average molecular weight is 393 g/mol. The fourth-order valence-electron chi connectivity index (χ4n) is 2.87. The second kappa shape index (κ2) is 6.92. The van der Waals surface area contributed by atoms with Crippen LogP contribution in [-0.4, -0.2) is 26.4 Å². The summed E-state index contributed by atoms with van der Waals surface area (Å²) in [6.07, 6.45) is -0.381. The van der Waals surface area contributed by atoms with Crippen molar-refractivity contribution in [3.05, 3.63) is 46.2 Å². The van der Waals surface area contributed by atoms with Crippen LogP contribution < -0.4 is 0 Å². The Morgan fingerprint density at radius 3 is 1.32 bits per heavy atom. The first kappa shape index (κ1) is 16.1. The summed E-state index contributed by atoms with van der Waals surface area (Å²) in [6.45, 7) is 2.71. The molecule has 4 nitrogen and oxygen atoms in total. The fraction of sp³-hybridized carbons (Fsp3) is 0.333. The summed E-state index contributed by atoms with van der Waals surface area (Å²) in [5.74, 6) is 0. The van der Waals surface area contributed by atoms with Crippen molar-refractivity contribution in [3.63, 3.8) is 0 Å². The molecular formula is C18H16O4S3. The van der Waals surface area contributed by atoms with Crippen LogP contribution >= 0.6 is 34.0 Å². The van der Waals surface area contributed by atoms with Gasteiger partial charge in [-0.25, -0.2) is 0 Å². The van der Waals surface area contributed by atoms with Crippen molar-refractivity contribution in [2.45, 2.75) is 12.6 Å². The van der Waals surface area contributed by atoms with E-state index in [0.29, 0.717) is 26.4 Å². The minimum atomic E-state index is -0.190. The van der Waals surface area contributed by atoms with Gasteiger partial charge in [0.25, 0.3) is 0 Å². The van der Waals surface area contributed by atoms with E-state index >= 15 is 0 Å². The van der Waals surface area contributed by atoms with Gasteiger partial charge in [0, 0.05) is 19.5 Å². The molecule has 0 amide bonds. The molecule has 2 saturated heterocycles. The van der Waals surface area contributed by atoms with Crippen LogP contribution in [-0.2, 0) is 18.9 Å². The molecule has 5 heterocycles. The third-order valence-corrected chi connectivity index (χ3v) is 7.74. The summed E-state index contributed by atoms with van der Waals surface area (Å²) in [7, 11) is 0. The number of hydrogen-bond donors (Lipinski definition) is 0. The maximum Gasteiger partial charge on any atom is 0.193 e. The average Bonchev–Trinajstić information content (AvgIpc) is 3.48. The Kier molecular flexibility index (Phi) is 4.47. The van der Waals surface area contributed by atoms with Crippen molar-refractivity contribution < 1.29 is 18.9 Å². The Balaban J connectivity index is 1.36. The first-order chi connectivity index (χ1) is 12.4. The van der Waals surface area contributed by atoms with E-state index in [4.69, 9.17) is 18.9 Å². The monoisotopic (exact) mass is 392 g/mol. The van der Waals surface area contributed by atoms with Gasteiger partial charge < -0.3 is 18.9 Å². The highest BCUT2D eigenvalue weighted by atomic mass is 32.1. The highest BCUT2D eigenvalue weighted by Crippen LogP contribution is 2.42. The minimum Gasteiger partial charge on any atom is -0.345 e. The van der Waals surface area contributed by atoms with Crippen LogP contribution in [0.15, 0.2) is 36.4 Å². The third kappa shape index (κ3) is 3.21. The van der Waals surface area contributed by atoms with Gasteiger partial charge in [0.2, 0.25) is 0 Å². The van der Waals surface area contributed by atoms with E-state index in [1.807, 2.05) is 11.3 Å². The van der Waals surface area contributed by atoms with Gasteiger partial charge in [-0.2, -0.15) is 0 Å². The summed E-state index contributed by atoms with van der Waals surface area (Å²) >= 11 is 5.29. The molecule has 2 fully saturated rings. The van der Waals surface area contributed by atoms with Gasteiger partial charge in [0.1, 0.15) is 0 Å². The van der Waals surface area contributed by atoms with Crippen molar-refractivity contribution in [2.24, 2.45) is 0 Å². The normalized spacial score (nSPS) is 19.2. The number of thiophene rings is 3. The van der Waals surface area contributed by atoms with Crippen molar-refractivity contribution in [2.75, 3.05) is 26.4 Å². The molecule has 3 aromatic rings. The zero-order valence-corrected chi connectivity index (χ0v) is 15.8. The lowest BCUT2D eigenvalue weighted by Crippen LogP contribution is -1.93. The van der Waals surface area contributed by atoms with Crippen LogP contribution in [0.4, 0.5) is 0 Å². The molecule has 0 atom stereocenters. The van der Waals surface area contributed by atoms with Crippen molar-refractivity contribution in [1.29, 1.82) is 0 Å². The highest BCUT2D eigenvalue weighted by molar-refractivity contribution is 7.26. The lowest BCUT2D eigenvalue weighted by atomic mass is 10.3. The van der Waals surface area contributed by atoms with Crippen molar-refractivity contribution in [3.8, 4) is 19.5 Å². The van der Waals surface area contributed by atoms with Crippen LogP contribution in [0, 0.1) is 0 Å². The van der Waals surface area contributed by atoms with Gasteiger partial charge >= 0.3 is 0 Å². The topological polar surface area (TPSA) is 36.9 Å². The van der Waals surface area contributed by atoms with Crippen LogP contribution in [0.2, 0.25) is 0 Å². The predicted molar refractivity (Wildman–Crippen MR) is 100 cm³/mol. The summed E-state index contributed by atoms with van der Waals surface area (Å²) in [4.78, 5) is 7.32. The fourth-order valence-corrected chi connectivity index (χ4v) is 6.07. The molecule has 25 heavy (non-hydrogen) atoms. The van der Waals surface area contributed by atoms with E-state index in [2.05, 4.69) is 36.4 Å². The zero-order chi connectivity index (χ0) is 16.6. The summed E-state index contributed by atoms with van der Waals surface area (Å²) < 4.78 is 22.3. The van der Waals surface area contributed by atoms with Crippen molar-refractivity contribution >= 4 is 34.0 Å². The van der Waals surface area contributed by atoms with Gasteiger partial charge in [0.05, 0.1) is 36.2 Å². The van der Waals surface area contributed by atoms with E-state index in [1.54, 1.807) is 22.7 Å². The van der Waals surface area contributed by atoms with Gasteiger partial charge in [-0.3, -0.25) is 0 Å². The van der Waals surface area contributed by atoms with Crippen molar-refractivity contribution in [1.82, 2.24) is 0 Å². The van der Waals surface area contributed by atoms with E-state index in [0.717, 1.165) is 9.75 Å². The molecule has 0 spiro atoms. The molecule has 3 aromatic heterocycles. The van der Waals surface area contributed by atoms with Crippen LogP contribution in [0.5, 0.6) is 0 Å². The van der Waals surface area contributed by atoms with E-state index in [-0.39, 0.29) is 12.6 Å². The highest BCUT2D eigenvalue weighted by Gasteiger charge is 2.22. The molecular weight excluding hydrogens is 376 g/mol. The lowest BCUT2D eigenvalue weighted by molar-refractivity contribution is -0.0415. The van der Waals surface area contributed by atoms with Crippen LogP contribution in [0.25, 0.3) is 19.5 Å². The molecule has 130 valence electrons. The Bertz CT molecular complexity index is 784. The third-order valence-electron chi connectivity index (χ3n) is 4.05. The smallest absolute Gasteiger partial charge is 0.193 e. The Morgan fingerprint density at radius 2 is 0.880 bits per heavy atom.